The van der Waals surface area contributed by atoms with Gasteiger partial charge in [0.1, 0.15) is 6.04 Å². The molecule has 176 valence electrons. The van der Waals surface area contributed by atoms with Crippen LogP contribution >= 0.6 is 12.8 Å². The van der Waals surface area contributed by atoms with Crippen molar-refractivity contribution in [3.05, 3.63) is 40.2 Å². The first-order chi connectivity index (χ1) is 15.7. The molecule has 0 aliphatic carbocycles. The molecule has 0 bridgehead atoms. The quantitative estimate of drug-likeness (QED) is 0.225. The van der Waals surface area contributed by atoms with Crippen molar-refractivity contribution in [3.8, 4) is 0 Å². The molecule has 0 radical (unpaired) electrons. The van der Waals surface area contributed by atoms with Crippen molar-refractivity contribution >= 4 is 53.8 Å². The molecule has 1 aromatic heterocycles. The molecule has 2 heterocycles. The first-order valence-electron chi connectivity index (χ1n) is 9.87. The van der Waals surface area contributed by atoms with E-state index in [1.165, 1.54) is 16.4 Å². The van der Waals surface area contributed by atoms with Gasteiger partial charge in [0, 0.05) is 30.8 Å². The summed E-state index contributed by atoms with van der Waals surface area (Å²) >= 11 is 4.42. The molecule has 3 rings (SSSR count). The Labute approximate surface area is 192 Å². The van der Waals surface area contributed by atoms with E-state index in [1.54, 1.807) is 12.1 Å². The number of H-pyrrole nitrogens is 1. The summed E-state index contributed by atoms with van der Waals surface area (Å²) in [5.74, 6) is -2.72. The van der Waals surface area contributed by atoms with E-state index < -0.39 is 29.4 Å². The highest BCUT2D eigenvalue weighted by molar-refractivity contribution is 7.81. The molecule has 8 N–H and O–H groups in total. The SMILES string of the molecule is Nc1nc2c(c(=O)[nH]1)N(S)[C@@H](CNc1ccc(C(=O)N[C@@H](CCC(=O)O)C(=O)O)cc1)CN2. The number of rotatable bonds is 9. The van der Waals surface area contributed by atoms with E-state index >= 15 is 0 Å². The lowest BCUT2D eigenvalue weighted by Crippen LogP contribution is -2.46. The van der Waals surface area contributed by atoms with Gasteiger partial charge >= 0.3 is 11.9 Å². The number of amides is 1. The van der Waals surface area contributed by atoms with Gasteiger partial charge in [0.25, 0.3) is 11.5 Å². The van der Waals surface area contributed by atoms with Crippen molar-refractivity contribution in [2.24, 2.45) is 0 Å². The van der Waals surface area contributed by atoms with E-state index in [0.717, 1.165) is 0 Å². The number of carboxylic acid groups (broad SMARTS) is 2. The van der Waals surface area contributed by atoms with Gasteiger partial charge in [-0.2, -0.15) is 4.98 Å². The number of anilines is 4. The molecule has 1 aliphatic rings. The van der Waals surface area contributed by atoms with Gasteiger partial charge in [0.15, 0.2) is 11.5 Å². The van der Waals surface area contributed by atoms with Gasteiger partial charge in [-0.3, -0.25) is 19.4 Å². The molecule has 33 heavy (non-hydrogen) atoms. The van der Waals surface area contributed by atoms with E-state index in [1.807, 2.05) is 0 Å². The van der Waals surface area contributed by atoms with Crippen LogP contribution in [0.1, 0.15) is 23.2 Å². The predicted molar refractivity (Wildman–Crippen MR) is 124 cm³/mol. The first kappa shape index (κ1) is 23.7. The summed E-state index contributed by atoms with van der Waals surface area (Å²) < 4.78 is 1.51. The zero-order valence-electron chi connectivity index (χ0n) is 17.2. The Bertz CT molecular complexity index is 1110. The highest BCUT2D eigenvalue weighted by Crippen LogP contribution is 2.27. The smallest absolute Gasteiger partial charge is 0.326 e. The van der Waals surface area contributed by atoms with Gasteiger partial charge in [0.05, 0.1) is 6.04 Å². The normalized spacial score (nSPS) is 15.7. The summed E-state index contributed by atoms with van der Waals surface area (Å²) in [6, 6.07) is 4.80. The number of carbonyl (C=O) groups excluding carboxylic acids is 1. The summed E-state index contributed by atoms with van der Waals surface area (Å²) in [4.78, 5) is 52.9. The lowest BCUT2D eigenvalue weighted by atomic mass is 10.1. The van der Waals surface area contributed by atoms with Crippen molar-refractivity contribution in [3.63, 3.8) is 0 Å². The summed E-state index contributed by atoms with van der Waals surface area (Å²) in [5.41, 5.74) is 6.31. The Morgan fingerprint density at radius 1 is 1.27 bits per heavy atom. The fraction of sp³-hybridized carbons (Fsp3) is 0.316. The number of aromatic amines is 1. The predicted octanol–water partition coefficient (Wildman–Crippen LogP) is -0.0427. The molecule has 1 aliphatic heterocycles. The zero-order chi connectivity index (χ0) is 24.1. The third-order valence-corrected chi connectivity index (χ3v) is 5.46. The fourth-order valence-corrected chi connectivity index (χ4v) is 3.55. The number of hydrogen-bond acceptors (Lipinski definition) is 10. The van der Waals surface area contributed by atoms with Crippen LogP contribution in [0.4, 0.5) is 23.1 Å². The van der Waals surface area contributed by atoms with Crippen LogP contribution in [0.3, 0.4) is 0 Å². The van der Waals surface area contributed by atoms with Crippen LogP contribution in [0, 0.1) is 0 Å². The maximum atomic E-state index is 12.3. The molecule has 0 saturated heterocycles. The summed E-state index contributed by atoms with van der Waals surface area (Å²) in [5, 5.41) is 26.4. The van der Waals surface area contributed by atoms with Crippen LogP contribution < -0.4 is 31.5 Å². The number of aromatic nitrogens is 2. The molecule has 2 atom stereocenters. The van der Waals surface area contributed by atoms with E-state index in [0.29, 0.717) is 24.6 Å². The van der Waals surface area contributed by atoms with E-state index in [-0.39, 0.29) is 36.1 Å². The van der Waals surface area contributed by atoms with Crippen LogP contribution in [0.2, 0.25) is 0 Å². The zero-order valence-corrected chi connectivity index (χ0v) is 18.1. The van der Waals surface area contributed by atoms with Gasteiger partial charge in [-0.05, 0) is 30.7 Å². The van der Waals surface area contributed by atoms with Crippen molar-refractivity contribution in [2.75, 3.05) is 33.8 Å². The number of fused-ring (bicyclic) bond motifs is 1. The number of nitrogens with one attached hydrogen (secondary N) is 4. The second kappa shape index (κ2) is 10.1. The lowest BCUT2D eigenvalue weighted by Gasteiger charge is -2.34. The Balaban J connectivity index is 1.58. The van der Waals surface area contributed by atoms with Gasteiger partial charge in [-0.25, -0.2) is 4.79 Å². The number of nitrogens with two attached hydrogens (primary N) is 1. The highest BCUT2D eigenvalue weighted by atomic mass is 32.1. The molecule has 0 unspecified atom stereocenters. The third-order valence-electron chi connectivity index (χ3n) is 4.93. The number of thiol groups is 1. The first-order valence-corrected chi connectivity index (χ1v) is 10.3. The minimum Gasteiger partial charge on any atom is -0.481 e. The van der Waals surface area contributed by atoms with Crippen molar-refractivity contribution in [1.82, 2.24) is 15.3 Å². The standard InChI is InChI=1S/C19H23N7O6S/c20-19-24-15-14(17(30)25-19)26(33)11(8-22-15)7-21-10-3-1-9(2-4-10)16(29)23-12(18(31)32)5-6-13(27)28/h1-4,11-12,21,33H,5-8H2,(H,23,29)(H,27,28)(H,31,32)(H4,20,22,24,25,30)/t11-,12-/m0/s1. The van der Waals surface area contributed by atoms with E-state index in [9.17, 15) is 19.2 Å². The molecule has 0 spiro atoms. The number of aliphatic carboxylic acids is 2. The number of nitrogen functional groups attached to an aromatic ring is 1. The third kappa shape index (κ3) is 5.85. The molecule has 1 aromatic carbocycles. The van der Waals surface area contributed by atoms with Gasteiger partial charge < -0.3 is 36.2 Å². The van der Waals surface area contributed by atoms with E-state index in [4.69, 9.17) is 15.9 Å². The van der Waals surface area contributed by atoms with E-state index in [2.05, 4.69) is 38.7 Å². The van der Waals surface area contributed by atoms with Gasteiger partial charge in [-0.15, -0.1) is 0 Å². The molecule has 14 heteroatoms. The van der Waals surface area contributed by atoms with Gasteiger partial charge in [-0.1, -0.05) is 12.8 Å². The topological polar surface area (TPSA) is 203 Å². The lowest BCUT2D eigenvalue weighted by molar-refractivity contribution is -0.140. The monoisotopic (exact) mass is 477 g/mol. The number of carbonyl (C=O) groups is 3. The van der Waals surface area contributed by atoms with Crippen LogP contribution in [0.15, 0.2) is 29.1 Å². The molecule has 2 aromatic rings. The summed E-state index contributed by atoms with van der Waals surface area (Å²) in [7, 11) is 0. The molecular weight excluding hydrogens is 454 g/mol. The van der Waals surface area contributed by atoms with Crippen molar-refractivity contribution in [1.29, 1.82) is 0 Å². The maximum Gasteiger partial charge on any atom is 0.326 e. The fourth-order valence-electron chi connectivity index (χ4n) is 3.20. The Morgan fingerprint density at radius 3 is 2.61 bits per heavy atom. The Kier molecular flexibility index (Phi) is 7.27. The van der Waals surface area contributed by atoms with Crippen LogP contribution in [0.25, 0.3) is 0 Å². The van der Waals surface area contributed by atoms with Crippen molar-refractivity contribution in [2.45, 2.75) is 24.9 Å². The van der Waals surface area contributed by atoms with Crippen LogP contribution in [-0.4, -0.2) is 63.2 Å². The molecule has 0 saturated carbocycles. The average Bonchev–Trinajstić information content (AvgIpc) is 2.75. The number of hydrogen-bond donors (Lipinski definition) is 8. The van der Waals surface area contributed by atoms with Gasteiger partial charge in [0.2, 0.25) is 5.95 Å². The Hall–Kier alpha value is -3.94. The molecule has 13 nitrogen and oxygen atoms in total. The molecule has 0 fully saturated rings. The number of benzene rings is 1. The molecular formula is C19H23N7O6S. The number of nitrogens with zero attached hydrogens (tertiary/aromatic N) is 2. The minimum atomic E-state index is -1.31. The van der Waals surface area contributed by atoms with Crippen LogP contribution in [-0.2, 0) is 9.59 Å². The second-order valence-corrected chi connectivity index (χ2v) is 7.71. The average molecular weight is 478 g/mol. The highest BCUT2D eigenvalue weighted by Gasteiger charge is 2.28. The number of carboxylic acids is 2. The minimum absolute atomic E-state index is 0.00486. The van der Waals surface area contributed by atoms with Crippen molar-refractivity contribution < 1.29 is 24.6 Å². The van der Waals surface area contributed by atoms with Crippen LogP contribution in [0.5, 0.6) is 0 Å². The summed E-state index contributed by atoms with van der Waals surface area (Å²) in [6.07, 6.45) is -0.599. The Morgan fingerprint density at radius 2 is 1.97 bits per heavy atom. The molecule has 1 amide bonds. The second-order valence-electron chi connectivity index (χ2n) is 7.28. The largest absolute Gasteiger partial charge is 0.481 e. The summed E-state index contributed by atoms with van der Waals surface area (Å²) in [6.45, 7) is 0.856. The maximum absolute atomic E-state index is 12.3.